The maximum atomic E-state index is 6.62. The van der Waals surface area contributed by atoms with Gasteiger partial charge in [-0.05, 0) is 86.9 Å². The molecule has 0 amide bonds. The summed E-state index contributed by atoms with van der Waals surface area (Å²) in [5, 5.41) is 12.9. The lowest BCUT2D eigenvalue weighted by molar-refractivity contribution is 0.664. The molecule has 4 heteroatoms. The molecule has 4 nitrogen and oxygen atoms in total. The molecule has 0 aliphatic carbocycles. The topological polar surface area (TPSA) is 43.9 Å². The van der Waals surface area contributed by atoms with Gasteiger partial charge in [0.2, 0.25) is 0 Å². The van der Waals surface area contributed by atoms with E-state index in [4.69, 9.17) is 14.4 Å². The molecule has 0 unspecified atom stereocenters. The first-order chi connectivity index (χ1) is 25.7. The van der Waals surface area contributed by atoms with E-state index in [0.717, 1.165) is 71.9 Å². The molecule has 52 heavy (non-hydrogen) atoms. The average molecular weight is 662 g/mol. The molecule has 240 valence electrons. The van der Waals surface area contributed by atoms with Gasteiger partial charge in [-0.3, -0.25) is 0 Å². The molecule has 0 radical (unpaired) electrons. The Balaban J connectivity index is 1.04. The minimum absolute atomic E-state index is 0.720. The molecule has 0 fully saturated rings. The number of nitrogens with zero attached hydrogens (tertiary/aromatic N) is 3. The lowest BCUT2D eigenvalue weighted by Crippen LogP contribution is -1.96. The Morgan fingerprint density at radius 3 is 1.77 bits per heavy atom. The Kier molecular flexibility index (Phi) is 5.47. The zero-order valence-corrected chi connectivity index (χ0v) is 27.8. The Hall–Kier alpha value is -7.04. The highest BCUT2D eigenvalue weighted by Gasteiger charge is 2.21. The van der Waals surface area contributed by atoms with Gasteiger partial charge in [0.25, 0.3) is 0 Å². The summed E-state index contributed by atoms with van der Waals surface area (Å²) in [5.74, 6) is 0.720. The van der Waals surface area contributed by atoms with Crippen molar-refractivity contribution in [2.45, 2.75) is 0 Å². The molecule has 3 heterocycles. The van der Waals surface area contributed by atoms with Crippen LogP contribution in [0.2, 0.25) is 0 Å². The van der Waals surface area contributed by atoms with Crippen molar-refractivity contribution in [2.75, 3.05) is 0 Å². The highest BCUT2D eigenvalue weighted by molar-refractivity contribution is 6.33. The van der Waals surface area contributed by atoms with Gasteiger partial charge in [-0.1, -0.05) is 109 Å². The van der Waals surface area contributed by atoms with Crippen molar-refractivity contribution in [2.24, 2.45) is 0 Å². The van der Waals surface area contributed by atoms with Gasteiger partial charge in [-0.15, -0.1) is 0 Å². The quantitative estimate of drug-likeness (QED) is 0.189. The molecule has 0 bridgehead atoms. The van der Waals surface area contributed by atoms with E-state index in [2.05, 4.69) is 162 Å². The third-order valence-corrected chi connectivity index (χ3v) is 10.9. The number of hydrogen-bond acceptors (Lipinski definition) is 3. The van der Waals surface area contributed by atoms with Crippen LogP contribution in [-0.2, 0) is 0 Å². The van der Waals surface area contributed by atoms with Crippen LogP contribution in [0.15, 0.2) is 168 Å². The number of para-hydroxylation sites is 1. The second-order valence-corrected chi connectivity index (χ2v) is 13.8. The maximum absolute atomic E-state index is 6.62. The van der Waals surface area contributed by atoms with Crippen LogP contribution in [-0.4, -0.2) is 14.5 Å². The fourth-order valence-corrected chi connectivity index (χ4v) is 8.52. The normalized spacial score (nSPS) is 12.2. The Labute approximate surface area is 297 Å². The molecule has 0 saturated heterocycles. The zero-order valence-electron chi connectivity index (χ0n) is 27.8. The third kappa shape index (κ3) is 3.86. The van der Waals surface area contributed by atoms with E-state index in [9.17, 15) is 0 Å². The zero-order chi connectivity index (χ0) is 33.9. The molecule has 0 atom stereocenters. The lowest BCUT2D eigenvalue weighted by atomic mass is 10.00. The maximum Gasteiger partial charge on any atom is 0.160 e. The van der Waals surface area contributed by atoms with E-state index in [1.54, 1.807) is 0 Å². The molecule has 12 rings (SSSR count). The summed E-state index contributed by atoms with van der Waals surface area (Å²) in [6, 6.07) is 58.3. The van der Waals surface area contributed by atoms with Crippen LogP contribution in [0.4, 0.5) is 0 Å². The molecule has 0 N–H and O–H groups in total. The summed E-state index contributed by atoms with van der Waals surface area (Å²) in [6.45, 7) is 0. The highest BCUT2D eigenvalue weighted by atomic mass is 16.3. The number of rotatable bonds is 3. The van der Waals surface area contributed by atoms with Gasteiger partial charge >= 0.3 is 0 Å². The average Bonchev–Trinajstić information content (AvgIpc) is 3.46. The summed E-state index contributed by atoms with van der Waals surface area (Å²) < 4.78 is 9.03. The van der Waals surface area contributed by atoms with E-state index in [0.29, 0.717) is 0 Å². The minimum atomic E-state index is 0.720. The highest BCUT2D eigenvalue weighted by Crippen LogP contribution is 2.45. The third-order valence-electron chi connectivity index (χ3n) is 10.9. The van der Waals surface area contributed by atoms with Gasteiger partial charge in [0.05, 0.1) is 22.2 Å². The van der Waals surface area contributed by atoms with Crippen LogP contribution in [0.1, 0.15) is 0 Å². The summed E-state index contributed by atoms with van der Waals surface area (Å²) >= 11 is 0. The van der Waals surface area contributed by atoms with Crippen molar-refractivity contribution in [3.05, 3.63) is 164 Å². The molecule has 9 aromatic carbocycles. The SMILES string of the molecule is c1ccc2cc(-c3nc(-c4ccc5cc(-n6c7ccc8cccc9oc%10cccc%11ccc6c(c%11%10)c7c89)ccc5c4)nc4ccccc34)ccc2c1. The Bertz CT molecular complexity index is 3320. The van der Waals surface area contributed by atoms with Crippen LogP contribution in [0.5, 0.6) is 0 Å². The first kappa shape index (κ1) is 27.7. The molecular weight excluding hydrogens is 635 g/mol. The van der Waals surface area contributed by atoms with E-state index >= 15 is 0 Å². The predicted octanol–water partition coefficient (Wildman–Crippen LogP) is 12.9. The molecule has 0 aliphatic heterocycles. The van der Waals surface area contributed by atoms with Crippen molar-refractivity contribution in [3.63, 3.8) is 0 Å². The van der Waals surface area contributed by atoms with Gasteiger partial charge < -0.3 is 8.98 Å². The predicted molar refractivity (Wildman–Crippen MR) is 216 cm³/mol. The number of benzene rings is 9. The van der Waals surface area contributed by atoms with Gasteiger partial charge in [-0.2, -0.15) is 0 Å². The fourth-order valence-electron chi connectivity index (χ4n) is 8.52. The summed E-state index contributed by atoms with van der Waals surface area (Å²) in [7, 11) is 0. The minimum Gasteiger partial charge on any atom is -0.456 e. The van der Waals surface area contributed by atoms with Gasteiger partial charge in [0.15, 0.2) is 5.82 Å². The van der Waals surface area contributed by atoms with Crippen LogP contribution in [0.25, 0.3) is 115 Å². The largest absolute Gasteiger partial charge is 0.456 e. The summed E-state index contributed by atoms with van der Waals surface area (Å²) in [6.07, 6.45) is 0. The standard InChI is InChI=1S/C48H27N3O/c1-2-8-31-25-34(17-15-28(31)7-1)47-37-11-3-4-12-38(37)49-48(50-47)35-18-16-33-27-36(22-19-32(33)26-35)51-39-23-20-29-9-5-13-41-43(29)45(39)46-40(51)24-21-30-10-6-14-42(52-41)44(30)46/h1-27H. The molecular formula is C48H27N3O. The monoisotopic (exact) mass is 661 g/mol. The van der Waals surface area contributed by atoms with Crippen LogP contribution in [0, 0.1) is 0 Å². The van der Waals surface area contributed by atoms with E-state index in [-0.39, 0.29) is 0 Å². The molecule has 0 aliphatic rings. The smallest absolute Gasteiger partial charge is 0.160 e. The Morgan fingerprint density at radius 1 is 0.404 bits per heavy atom. The van der Waals surface area contributed by atoms with Crippen molar-refractivity contribution in [1.29, 1.82) is 0 Å². The van der Waals surface area contributed by atoms with Crippen molar-refractivity contribution in [1.82, 2.24) is 14.5 Å². The molecule has 3 aromatic heterocycles. The number of aromatic nitrogens is 3. The fraction of sp³-hybridized carbons (Fsp3) is 0. The van der Waals surface area contributed by atoms with Gasteiger partial charge in [-0.25, -0.2) is 9.97 Å². The Morgan fingerprint density at radius 2 is 0.981 bits per heavy atom. The lowest BCUT2D eigenvalue weighted by Gasteiger charge is -2.12. The number of hydrogen-bond donors (Lipinski definition) is 0. The van der Waals surface area contributed by atoms with Gasteiger partial charge in [0.1, 0.15) is 11.2 Å². The van der Waals surface area contributed by atoms with E-state index in [1.807, 2.05) is 6.07 Å². The summed E-state index contributed by atoms with van der Waals surface area (Å²) in [5.41, 5.74) is 9.21. The van der Waals surface area contributed by atoms with Crippen molar-refractivity contribution in [3.8, 4) is 28.3 Å². The number of fused-ring (bicyclic) bond motifs is 3. The molecule has 12 aromatic rings. The van der Waals surface area contributed by atoms with Crippen molar-refractivity contribution < 1.29 is 4.42 Å². The first-order valence-electron chi connectivity index (χ1n) is 17.7. The molecule has 0 spiro atoms. The van der Waals surface area contributed by atoms with Gasteiger partial charge in [0, 0.05) is 43.7 Å². The first-order valence-corrected chi connectivity index (χ1v) is 17.7. The second kappa shape index (κ2) is 10.3. The van der Waals surface area contributed by atoms with Crippen molar-refractivity contribution >= 4 is 87.0 Å². The van der Waals surface area contributed by atoms with Crippen LogP contribution >= 0.6 is 0 Å². The van der Waals surface area contributed by atoms with E-state index < -0.39 is 0 Å². The van der Waals surface area contributed by atoms with Crippen LogP contribution < -0.4 is 0 Å². The second-order valence-electron chi connectivity index (χ2n) is 13.8. The van der Waals surface area contributed by atoms with E-state index in [1.165, 1.54) is 43.4 Å². The summed E-state index contributed by atoms with van der Waals surface area (Å²) in [4.78, 5) is 10.3. The molecule has 0 saturated carbocycles. The van der Waals surface area contributed by atoms with Crippen LogP contribution in [0.3, 0.4) is 0 Å².